The van der Waals surface area contributed by atoms with Crippen molar-refractivity contribution in [3.8, 4) is 0 Å². The molecular formula is C15H17IN2O2S. The second kappa shape index (κ2) is 7.31. The Labute approximate surface area is 142 Å². The smallest absolute Gasteiger partial charge is 0.234 e. The third-order valence-corrected chi connectivity index (χ3v) is 5.24. The molecule has 0 atom stereocenters. The number of hydrogen-bond acceptors (Lipinski definition) is 4. The van der Waals surface area contributed by atoms with E-state index in [2.05, 4.69) is 33.1 Å². The second-order valence-corrected chi connectivity index (χ2v) is 6.96. The summed E-state index contributed by atoms with van der Waals surface area (Å²) in [6.07, 6.45) is 0. The summed E-state index contributed by atoms with van der Waals surface area (Å²) in [6.45, 7) is 5.86. The van der Waals surface area contributed by atoms with E-state index in [1.807, 2.05) is 39.0 Å². The lowest BCUT2D eigenvalue weighted by molar-refractivity contribution is -0.113. The molecular weight excluding hydrogens is 399 g/mol. The van der Waals surface area contributed by atoms with E-state index in [1.54, 1.807) is 11.8 Å². The number of aryl methyl sites for hydroxylation is 3. The average molecular weight is 416 g/mol. The SMILES string of the molecule is Cc1ccc(NC(=O)CSCc2c(C)noc2C)cc1I. The largest absolute Gasteiger partial charge is 0.361 e. The Morgan fingerprint density at radius 3 is 2.76 bits per heavy atom. The zero-order valence-electron chi connectivity index (χ0n) is 12.2. The molecule has 0 spiro atoms. The highest BCUT2D eigenvalue weighted by Gasteiger charge is 2.10. The number of hydrogen-bond donors (Lipinski definition) is 1. The molecule has 21 heavy (non-hydrogen) atoms. The van der Waals surface area contributed by atoms with E-state index in [0.717, 1.165) is 32.0 Å². The fraction of sp³-hybridized carbons (Fsp3) is 0.333. The number of rotatable bonds is 5. The van der Waals surface area contributed by atoms with Gasteiger partial charge in [0.1, 0.15) is 5.76 Å². The quantitative estimate of drug-likeness (QED) is 0.747. The van der Waals surface area contributed by atoms with Crippen molar-refractivity contribution >= 4 is 45.9 Å². The van der Waals surface area contributed by atoms with E-state index in [9.17, 15) is 4.79 Å². The Hall–Kier alpha value is -1.02. The molecule has 0 unspecified atom stereocenters. The molecule has 0 bridgehead atoms. The molecule has 0 saturated carbocycles. The lowest BCUT2D eigenvalue weighted by atomic mass is 10.2. The summed E-state index contributed by atoms with van der Waals surface area (Å²) in [5, 5.41) is 6.83. The number of carbonyl (C=O) groups is 1. The van der Waals surface area contributed by atoms with Gasteiger partial charge in [-0.15, -0.1) is 11.8 Å². The van der Waals surface area contributed by atoms with Crippen molar-refractivity contribution in [2.24, 2.45) is 0 Å². The van der Waals surface area contributed by atoms with Gasteiger partial charge < -0.3 is 9.84 Å². The van der Waals surface area contributed by atoms with Gasteiger partial charge in [0.2, 0.25) is 5.91 Å². The third-order valence-electron chi connectivity index (χ3n) is 3.12. The van der Waals surface area contributed by atoms with Gasteiger partial charge in [-0.25, -0.2) is 0 Å². The summed E-state index contributed by atoms with van der Waals surface area (Å²) in [6, 6.07) is 5.91. The van der Waals surface area contributed by atoms with Gasteiger partial charge in [-0.05, 0) is 61.1 Å². The van der Waals surface area contributed by atoms with E-state index < -0.39 is 0 Å². The number of nitrogens with one attached hydrogen (secondary N) is 1. The minimum atomic E-state index is 0.00594. The van der Waals surface area contributed by atoms with Crippen LogP contribution in [0.5, 0.6) is 0 Å². The maximum atomic E-state index is 11.9. The topological polar surface area (TPSA) is 55.1 Å². The van der Waals surface area contributed by atoms with Gasteiger partial charge in [-0.3, -0.25) is 4.79 Å². The predicted octanol–water partition coefficient (Wildman–Crippen LogP) is 4.08. The highest BCUT2D eigenvalue weighted by atomic mass is 127. The van der Waals surface area contributed by atoms with Crippen molar-refractivity contribution in [3.05, 3.63) is 44.4 Å². The minimum Gasteiger partial charge on any atom is -0.361 e. The van der Waals surface area contributed by atoms with Gasteiger partial charge in [-0.2, -0.15) is 0 Å². The highest BCUT2D eigenvalue weighted by Crippen LogP contribution is 2.20. The number of aromatic nitrogens is 1. The zero-order valence-corrected chi connectivity index (χ0v) is 15.2. The molecule has 6 heteroatoms. The maximum Gasteiger partial charge on any atom is 0.234 e. The first kappa shape index (κ1) is 16.4. The Bertz CT molecular complexity index is 636. The number of benzene rings is 1. The van der Waals surface area contributed by atoms with Gasteiger partial charge in [0.25, 0.3) is 0 Å². The summed E-state index contributed by atoms with van der Waals surface area (Å²) >= 11 is 3.83. The minimum absolute atomic E-state index is 0.00594. The van der Waals surface area contributed by atoms with Crippen molar-refractivity contribution in [2.75, 3.05) is 11.1 Å². The van der Waals surface area contributed by atoms with Crippen LogP contribution >= 0.6 is 34.4 Å². The molecule has 0 fully saturated rings. The van der Waals surface area contributed by atoms with Crippen molar-refractivity contribution in [1.29, 1.82) is 0 Å². The average Bonchev–Trinajstić information content (AvgIpc) is 2.74. The van der Waals surface area contributed by atoms with Crippen molar-refractivity contribution < 1.29 is 9.32 Å². The molecule has 1 heterocycles. The Morgan fingerprint density at radius 1 is 1.38 bits per heavy atom. The zero-order chi connectivity index (χ0) is 15.4. The third kappa shape index (κ3) is 4.47. The molecule has 112 valence electrons. The van der Waals surface area contributed by atoms with Gasteiger partial charge >= 0.3 is 0 Å². The van der Waals surface area contributed by atoms with Crippen LogP contribution in [0.2, 0.25) is 0 Å². The van der Waals surface area contributed by atoms with Crippen LogP contribution in [0.1, 0.15) is 22.6 Å². The van der Waals surface area contributed by atoms with Gasteiger partial charge in [0, 0.05) is 20.6 Å². The van der Waals surface area contributed by atoms with Crippen molar-refractivity contribution in [2.45, 2.75) is 26.5 Å². The number of nitrogens with zero attached hydrogens (tertiary/aromatic N) is 1. The fourth-order valence-electron chi connectivity index (χ4n) is 1.82. The van der Waals surface area contributed by atoms with Crippen LogP contribution < -0.4 is 5.32 Å². The Balaban J connectivity index is 1.84. The molecule has 0 aliphatic rings. The van der Waals surface area contributed by atoms with Crippen LogP contribution in [-0.2, 0) is 10.5 Å². The molecule has 1 aromatic carbocycles. The molecule has 2 aromatic rings. The summed E-state index contributed by atoms with van der Waals surface area (Å²) in [5.41, 5.74) is 4.03. The van der Waals surface area contributed by atoms with E-state index >= 15 is 0 Å². The second-order valence-electron chi connectivity index (χ2n) is 4.81. The van der Waals surface area contributed by atoms with Gasteiger partial charge in [0.05, 0.1) is 11.4 Å². The molecule has 4 nitrogen and oxygen atoms in total. The van der Waals surface area contributed by atoms with Crippen LogP contribution in [0, 0.1) is 24.3 Å². The molecule has 1 amide bonds. The summed E-state index contributed by atoms with van der Waals surface area (Å²) in [4.78, 5) is 11.9. The van der Waals surface area contributed by atoms with E-state index in [-0.39, 0.29) is 5.91 Å². The lowest BCUT2D eigenvalue weighted by Crippen LogP contribution is -2.14. The first-order valence-electron chi connectivity index (χ1n) is 6.53. The standard InChI is InChI=1S/C15H17IN2O2S/c1-9-4-5-12(6-14(9)16)17-15(19)8-21-7-13-10(2)18-20-11(13)3/h4-6H,7-8H2,1-3H3,(H,17,19). The van der Waals surface area contributed by atoms with Gasteiger partial charge in [0.15, 0.2) is 0 Å². The summed E-state index contributed by atoms with van der Waals surface area (Å²) in [5.74, 6) is 1.98. The van der Waals surface area contributed by atoms with Crippen LogP contribution in [-0.4, -0.2) is 16.8 Å². The number of thioether (sulfide) groups is 1. The molecule has 1 N–H and O–H groups in total. The molecule has 0 aliphatic carbocycles. The Kier molecular flexibility index (Phi) is 5.69. The van der Waals surface area contributed by atoms with Crippen LogP contribution in [0.4, 0.5) is 5.69 Å². The summed E-state index contributed by atoms with van der Waals surface area (Å²) < 4.78 is 6.26. The monoisotopic (exact) mass is 416 g/mol. The predicted molar refractivity (Wildman–Crippen MR) is 94.7 cm³/mol. The molecule has 1 aromatic heterocycles. The fourth-order valence-corrected chi connectivity index (χ4v) is 3.31. The highest BCUT2D eigenvalue weighted by molar-refractivity contribution is 14.1. The first-order valence-corrected chi connectivity index (χ1v) is 8.76. The molecule has 0 saturated heterocycles. The Morgan fingerprint density at radius 2 is 2.14 bits per heavy atom. The van der Waals surface area contributed by atoms with Crippen molar-refractivity contribution in [1.82, 2.24) is 5.16 Å². The van der Waals surface area contributed by atoms with Gasteiger partial charge in [-0.1, -0.05) is 11.2 Å². The summed E-state index contributed by atoms with van der Waals surface area (Å²) in [7, 11) is 0. The number of halogens is 1. The maximum absolute atomic E-state index is 11.9. The van der Waals surface area contributed by atoms with Crippen LogP contribution in [0.25, 0.3) is 0 Å². The number of amides is 1. The van der Waals surface area contributed by atoms with E-state index in [4.69, 9.17) is 4.52 Å². The number of anilines is 1. The van der Waals surface area contributed by atoms with Crippen molar-refractivity contribution in [3.63, 3.8) is 0 Å². The molecule has 2 rings (SSSR count). The van der Waals surface area contributed by atoms with E-state index in [0.29, 0.717) is 5.75 Å². The molecule has 0 radical (unpaired) electrons. The van der Waals surface area contributed by atoms with E-state index in [1.165, 1.54) is 5.56 Å². The first-order chi connectivity index (χ1) is 9.97. The number of carbonyl (C=O) groups excluding carboxylic acids is 1. The van der Waals surface area contributed by atoms with Crippen LogP contribution in [0.15, 0.2) is 22.7 Å². The molecule has 0 aliphatic heterocycles. The van der Waals surface area contributed by atoms with Crippen LogP contribution in [0.3, 0.4) is 0 Å². The lowest BCUT2D eigenvalue weighted by Gasteiger charge is -2.07. The normalized spacial score (nSPS) is 10.7.